The quantitative estimate of drug-likeness (QED) is 0.457. The fraction of sp³-hybridized carbons (Fsp3) is 0.0588. The van der Waals surface area contributed by atoms with Gasteiger partial charge in [-0.2, -0.15) is 0 Å². The molecule has 0 aliphatic rings. The van der Waals surface area contributed by atoms with Crippen LogP contribution in [0.5, 0.6) is 0 Å². The van der Waals surface area contributed by atoms with E-state index in [2.05, 4.69) is 37.0 Å². The molecule has 0 atom stereocenters. The van der Waals surface area contributed by atoms with E-state index < -0.39 is 11.8 Å². The summed E-state index contributed by atoms with van der Waals surface area (Å²) in [7, 11) is 0. The van der Waals surface area contributed by atoms with Crippen LogP contribution in [-0.2, 0) is 4.79 Å². The van der Waals surface area contributed by atoms with Crippen LogP contribution in [0.2, 0.25) is 0 Å². The van der Waals surface area contributed by atoms with Crippen LogP contribution in [0.25, 0.3) is 11.5 Å². The number of rotatable bonds is 5. The van der Waals surface area contributed by atoms with Gasteiger partial charge in [0.25, 0.3) is 11.1 Å². The maximum atomic E-state index is 12.9. The molecule has 0 spiro atoms. The first-order valence-corrected chi connectivity index (χ1v) is 9.36. The van der Waals surface area contributed by atoms with Gasteiger partial charge < -0.3 is 4.42 Å². The lowest BCUT2D eigenvalue weighted by Gasteiger charge is -2.06. The molecule has 138 valence electrons. The summed E-state index contributed by atoms with van der Waals surface area (Å²) >= 11 is 4.28. The van der Waals surface area contributed by atoms with Crippen molar-refractivity contribution in [3.63, 3.8) is 0 Å². The second-order valence-electron chi connectivity index (χ2n) is 5.18. The average molecular weight is 451 g/mol. The van der Waals surface area contributed by atoms with Crippen molar-refractivity contribution in [3.8, 4) is 11.5 Å². The molecule has 3 rings (SSSR count). The molecule has 7 nitrogen and oxygen atoms in total. The molecule has 0 saturated heterocycles. The Kier molecular flexibility index (Phi) is 6.20. The van der Waals surface area contributed by atoms with Crippen LogP contribution in [0.4, 0.5) is 4.39 Å². The number of amides is 2. The minimum Gasteiger partial charge on any atom is -0.411 e. The van der Waals surface area contributed by atoms with Crippen LogP contribution in [0, 0.1) is 5.82 Å². The molecular formula is C17H12BrFN4O3S. The lowest BCUT2D eigenvalue weighted by molar-refractivity contribution is -0.119. The molecule has 1 aromatic heterocycles. The van der Waals surface area contributed by atoms with Crippen LogP contribution in [0.15, 0.2) is 62.6 Å². The monoisotopic (exact) mass is 450 g/mol. The summed E-state index contributed by atoms with van der Waals surface area (Å²) in [5.41, 5.74) is 5.60. The summed E-state index contributed by atoms with van der Waals surface area (Å²) in [4.78, 5) is 23.8. The summed E-state index contributed by atoms with van der Waals surface area (Å²) < 4.78 is 19.1. The van der Waals surface area contributed by atoms with E-state index in [0.29, 0.717) is 11.1 Å². The molecule has 0 unspecified atom stereocenters. The Morgan fingerprint density at radius 3 is 2.63 bits per heavy atom. The zero-order valence-electron chi connectivity index (χ0n) is 13.6. The topological polar surface area (TPSA) is 97.1 Å². The fourth-order valence-electron chi connectivity index (χ4n) is 1.97. The van der Waals surface area contributed by atoms with Crippen LogP contribution >= 0.6 is 27.7 Å². The van der Waals surface area contributed by atoms with Gasteiger partial charge >= 0.3 is 0 Å². The third-order valence-corrected chi connectivity index (χ3v) is 4.54. The van der Waals surface area contributed by atoms with Gasteiger partial charge in [0.2, 0.25) is 11.8 Å². The van der Waals surface area contributed by atoms with Gasteiger partial charge in [0.1, 0.15) is 5.82 Å². The Morgan fingerprint density at radius 1 is 1.11 bits per heavy atom. The van der Waals surface area contributed by atoms with Crippen molar-refractivity contribution >= 4 is 39.5 Å². The Morgan fingerprint density at radius 2 is 1.89 bits per heavy atom. The van der Waals surface area contributed by atoms with Gasteiger partial charge in [0.05, 0.1) is 5.75 Å². The normalized spacial score (nSPS) is 10.4. The van der Waals surface area contributed by atoms with Crippen LogP contribution < -0.4 is 10.9 Å². The second-order valence-corrected chi connectivity index (χ2v) is 7.02. The SMILES string of the molecule is O=C(CSc1nnc(-c2ccc(F)cc2)o1)NNC(=O)c1cccc(Br)c1. The molecule has 0 aliphatic heterocycles. The zero-order chi connectivity index (χ0) is 19.2. The van der Waals surface area contributed by atoms with E-state index in [-0.39, 0.29) is 22.7 Å². The zero-order valence-corrected chi connectivity index (χ0v) is 16.0. The van der Waals surface area contributed by atoms with E-state index in [0.717, 1.165) is 16.2 Å². The van der Waals surface area contributed by atoms with Gasteiger partial charge in [-0.25, -0.2) is 4.39 Å². The third-order valence-electron chi connectivity index (χ3n) is 3.23. The van der Waals surface area contributed by atoms with Crippen molar-refractivity contribution in [1.29, 1.82) is 0 Å². The summed E-state index contributed by atoms with van der Waals surface area (Å²) in [6, 6.07) is 12.4. The molecule has 0 aliphatic carbocycles. The Bertz CT molecular complexity index is 965. The predicted octanol–water partition coefficient (Wildman–Crippen LogP) is 3.19. The highest BCUT2D eigenvalue weighted by atomic mass is 79.9. The van der Waals surface area contributed by atoms with Crippen molar-refractivity contribution in [3.05, 3.63) is 64.4 Å². The van der Waals surface area contributed by atoms with Gasteiger partial charge in [0.15, 0.2) is 0 Å². The van der Waals surface area contributed by atoms with Crippen LogP contribution in [0.3, 0.4) is 0 Å². The molecule has 0 saturated carbocycles. The lowest BCUT2D eigenvalue weighted by atomic mass is 10.2. The van der Waals surface area contributed by atoms with E-state index in [1.807, 2.05) is 0 Å². The van der Waals surface area contributed by atoms with Gasteiger partial charge in [-0.15, -0.1) is 10.2 Å². The first-order valence-electron chi connectivity index (χ1n) is 7.58. The smallest absolute Gasteiger partial charge is 0.277 e. The fourth-order valence-corrected chi connectivity index (χ4v) is 2.93. The van der Waals surface area contributed by atoms with E-state index >= 15 is 0 Å². The average Bonchev–Trinajstić information content (AvgIpc) is 3.14. The molecule has 2 N–H and O–H groups in total. The van der Waals surface area contributed by atoms with Crippen LogP contribution in [-0.4, -0.2) is 27.8 Å². The van der Waals surface area contributed by atoms with Crippen LogP contribution in [0.1, 0.15) is 10.4 Å². The van der Waals surface area contributed by atoms with Gasteiger partial charge in [-0.3, -0.25) is 20.4 Å². The molecule has 27 heavy (non-hydrogen) atoms. The minimum atomic E-state index is -0.440. The lowest BCUT2D eigenvalue weighted by Crippen LogP contribution is -2.42. The first-order chi connectivity index (χ1) is 13.0. The predicted molar refractivity (Wildman–Crippen MR) is 100 cm³/mol. The number of nitrogens with zero attached hydrogens (tertiary/aromatic N) is 2. The summed E-state index contributed by atoms with van der Waals surface area (Å²) in [5, 5.41) is 7.85. The Labute approximate surface area is 165 Å². The molecule has 10 heteroatoms. The number of carbonyl (C=O) groups is 2. The summed E-state index contributed by atoms with van der Waals surface area (Å²) in [6.45, 7) is 0. The Balaban J connectivity index is 1.48. The highest BCUT2D eigenvalue weighted by molar-refractivity contribution is 9.10. The highest BCUT2D eigenvalue weighted by Gasteiger charge is 2.12. The molecule has 0 fully saturated rings. The maximum absolute atomic E-state index is 12.9. The number of nitrogens with one attached hydrogen (secondary N) is 2. The third kappa shape index (κ3) is 5.38. The van der Waals surface area contributed by atoms with E-state index in [1.165, 1.54) is 24.3 Å². The molecule has 3 aromatic rings. The largest absolute Gasteiger partial charge is 0.411 e. The van der Waals surface area contributed by atoms with Crippen molar-refractivity contribution in [1.82, 2.24) is 21.0 Å². The maximum Gasteiger partial charge on any atom is 0.277 e. The first kappa shape index (κ1) is 19.1. The van der Waals surface area contributed by atoms with Gasteiger partial charge in [-0.05, 0) is 42.5 Å². The van der Waals surface area contributed by atoms with Crippen molar-refractivity contribution in [2.45, 2.75) is 5.22 Å². The van der Waals surface area contributed by atoms with E-state index in [9.17, 15) is 14.0 Å². The highest BCUT2D eigenvalue weighted by Crippen LogP contribution is 2.23. The minimum absolute atomic E-state index is 0.0379. The molecule has 2 aromatic carbocycles. The number of hydrogen-bond donors (Lipinski definition) is 2. The number of hydrazine groups is 1. The standard InChI is InChI=1S/C17H12BrFN4O3S/c18-12-3-1-2-11(8-12)15(25)21-20-14(24)9-27-17-23-22-16(26-17)10-4-6-13(19)7-5-10/h1-8H,9H2,(H,20,24)(H,21,25). The molecule has 0 radical (unpaired) electrons. The number of benzene rings is 2. The second kappa shape index (κ2) is 8.78. The van der Waals surface area contributed by atoms with Crippen molar-refractivity contribution in [2.24, 2.45) is 0 Å². The summed E-state index contributed by atoms with van der Waals surface area (Å²) in [5.74, 6) is -1.06. The molecule has 2 amide bonds. The van der Waals surface area contributed by atoms with Gasteiger partial charge in [0, 0.05) is 15.6 Å². The number of halogens is 2. The van der Waals surface area contributed by atoms with E-state index in [1.54, 1.807) is 24.3 Å². The molecule has 0 bridgehead atoms. The number of carbonyl (C=O) groups excluding carboxylic acids is 2. The van der Waals surface area contributed by atoms with E-state index in [4.69, 9.17) is 4.42 Å². The number of aromatic nitrogens is 2. The Hall–Kier alpha value is -2.72. The van der Waals surface area contributed by atoms with Gasteiger partial charge in [-0.1, -0.05) is 33.8 Å². The van der Waals surface area contributed by atoms with Crippen molar-refractivity contribution in [2.75, 3.05) is 5.75 Å². The number of hydrogen-bond acceptors (Lipinski definition) is 6. The molecule has 1 heterocycles. The summed E-state index contributed by atoms with van der Waals surface area (Å²) in [6.07, 6.45) is 0. The van der Waals surface area contributed by atoms with Crippen molar-refractivity contribution < 1.29 is 18.4 Å². The molecular weight excluding hydrogens is 439 g/mol. The number of thioether (sulfide) groups is 1.